The lowest BCUT2D eigenvalue weighted by atomic mass is 9.83. The molecule has 18 heavy (non-hydrogen) atoms. The summed E-state index contributed by atoms with van der Waals surface area (Å²) in [6, 6.07) is 13.0. The maximum absolute atomic E-state index is 2.29. The lowest BCUT2D eigenvalue weighted by molar-refractivity contribution is 0.768. The molecule has 3 rings (SSSR count). The number of rotatable bonds is 1. The molecular formula is C17H15P. The Morgan fingerprint density at radius 2 is 1.39 bits per heavy atom. The summed E-state index contributed by atoms with van der Waals surface area (Å²) < 4.78 is 0. The van der Waals surface area contributed by atoms with Crippen molar-refractivity contribution in [1.82, 2.24) is 0 Å². The van der Waals surface area contributed by atoms with E-state index in [2.05, 4.69) is 79.2 Å². The molecule has 0 saturated heterocycles. The molecule has 0 saturated carbocycles. The van der Waals surface area contributed by atoms with Crippen LogP contribution in [0.5, 0.6) is 0 Å². The summed E-state index contributed by atoms with van der Waals surface area (Å²) in [4.78, 5) is 0. The van der Waals surface area contributed by atoms with Crippen LogP contribution in [-0.2, 0) is 5.41 Å². The molecule has 0 radical (unpaired) electrons. The van der Waals surface area contributed by atoms with Gasteiger partial charge in [-0.15, -0.1) is 0 Å². The third kappa shape index (κ3) is 2.05. The van der Waals surface area contributed by atoms with E-state index in [1.165, 1.54) is 24.9 Å². The van der Waals surface area contributed by atoms with Crippen molar-refractivity contribution in [3.8, 4) is 0 Å². The van der Waals surface area contributed by atoms with E-state index in [1.54, 1.807) is 0 Å². The zero-order valence-corrected chi connectivity index (χ0v) is 11.3. The summed E-state index contributed by atoms with van der Waals surface area (Å²) in [6.07, 6.45) is 9.05. The van der Waals surface area contributed by atoms with Gasteiger partial charge in [-0.05, 0) is 35.2 Å². The standard InChI is InChI=1S/C17H15P/c1-17(16-8-12-18-13-9-16)10-6-14-4-2-3-5-15(14)7-11-17/h2-13H,1H3. The van der Waals surface area contributed by atoms with Crippen LogP contribution in [-0.4, -0.2) is 0 Å². The van der Waals surface area contributed by atoms with E-state index in [0.29, 0.717) is 0 Å². The van der Waals surface area contributed by atoms with E-state index in [-0.39, 0.29) is 5.41 Å². The monoisotopic (exact) mass is 250 g/mol. The number of benzene rings is 1. The minimum absolute atomic E-state index is 0.0119. The molecule has 1 heteroatoms. The second-order valence-electron chi connectivity index (χ2n) is 4.81. The minimum atomic E-state index is -0.0119. The van der Waals surface area contributed by atoms with Gasteiger partial charge in [-0.25, -0.2) is 0 Å². The van der Waals surface area contributed by atoms with E-state index in [9.17, 15) is 0 Å². The molecule has 0 atom stereocenters. The Kier molecular flexibility index (Phi) is 2.89. The van der Waals surface area contributed by atoms with Crippen LogP contribution in [0.1, 0.15) is 23.6 Å². The van der Waals surface area contributed by atoms with Gasteiger partial charge in [0.1, 0.15) is 0 Å². The average Bonchev–Trinajstić information content (AvgIpc) is 2.61. The van der Waals surface area contributed by atoms with Gasteiger partial charge in [0.2, 0.25) is 0 Å². The third-order valence-electron chi connectivity index (χ3n) is 3.52. The Balaban J connectivity index is 2.09. The fourth-order valence-electron chi connectivity index (χ4n) is 2.30. The van der Waals surface area contributed by atoms with Gasteiger partial charge in [0, 0.05) is 5.41 Å². The fourth-order valence-corrected chi connectivity index (χ4v) is 2.89. The van der Waals surface area contributed by atoms with Crippen LogP contribution in [0.15, 0.2) is 60.1 Å². The van der Waals surface area contributed by atoms with E-state index < -0.39 is 0 Å². The first-order chi connectivity index (χ1) is 8.78. The predicted octanol–water partition coefficient (Wildman–Crippen LogP) is 5.26. The highest BCUT2D eigenvalue weighted by molar-refractivity contribution is 7.28. The second kappa shape index (κ2) is 4.55. The summed E-state index contributed by atoms with van der Waals surface area (Å²) >= 11 is 0. The topological polar surface area (TPSA) is 0 Å². The molecule has 0 N–H and O–H groups in total. The molecule has 1 aromatic carbocycles. The van der Waals surface area contributed by atoms with Crippen LogP contribution in [0.3, 0.4) is 0 Å². The van der Waals surface area contributed by atoms with Crippen molar-refractivity contribution in [2.24, 2.45) is 0 Å². The van der Waals surface area contributed by atoms with Crippen molar-refractivity contribution >= 4 is 20.3 Å². The fraction of sp³-hybridized carbons (Fsp3) is 0.118. The Morgan fingerprint density at radius 3 is 1.94 bits per heavy atom. The molecule has 0 fully saturated rings. The van der Waals surface area contributed by atoms with E-state index in [4.69, 9.17) is 0 Å². The second-order valence-corrected chi connectivity index (χ2v) is 5.71. The predicted molar refractivity (Wildman–Crippen MR) is 80.8 cm³/mol. The Hall–Kier alpha value is -1.65. The van der Waals surface area contributed by atoms with Crippen molar-refractivity contribution in [3.63, 3.8) is 0 Å². The normalized spacial score (nSPS) is 16.1. The highest BCUT2D eigenvalue weighted by atomic mass is 31.0. The van der Waals surface area contributed by atoms with Crippen molar-refractivity contribution in [1.29, 1.82) is 0 Å². The summed E-state index contributed by atoms with van der Waals surface area (Å²) in [5.41, 5.74) is 3.92. The van der Waals surface area contributed by atoms with Gasteiger partial charge in [0.05, 0.1) is 0 Å². The van der Waals surface area contributed by atoms with Crippen LogP contribution >= 0.6 is 8.19 Å². The SMILES string of the molecule is CC1(c2ccpcc2)C=Cc2ccccc2C=C1. The molecule has 0 unspecified atom stereocenters. The van der Waals surface area contributed by atoms with Crippen LogP contribution < -0.4 is 0 Å². The molecular weight excluding hydrogens is 235 g/mol. The van der Waals surface area contributed by atoms with Gasteiger partial charge in [-0.2, -0.15) is 0 Å². The maximum atomic E-state index is 2.29. The highest BCUT2D eigenvalue weighted by Crippen LogP contribution is 2.32. The number of hydrogen-bond acceptors (Lipinski definition) is 0. The van der Waals surface area contributed by atoms with Crippen LogP contribution in [0, 0.1) is 0 Å². The van der Waals surface area contributed by atoms with Gasteiger partial charge in [-0.3, -0.25) is 0 Å². The molecule has 88 valence electrons. The van der Waals surface area contributed by atoms with Crippen molar-refractivity contribution in [2.45, 2.75) is 12.3 Å². The smallest absolute Gasteiger partial charge is 0.0290 e. The Bertz CT molecular complexity index is 576. The molecule has 0 bridgehead atoms. The van der Waals surface area contributed by atoms with Crippen LogP contribution in [0.2, 0.25) is 0 Å². The van der Waals surface area contributed by atoms with E-state index in [0.717, 1.165) is 0 Å². The summed E-state index contributed by atoms with van der Waals surface area (Å²) in [5, 5.41) is 0. The first kappa shape index (κ1) is 11.4. The van der Waals surface area contributed by atoms with Crippen molar-refractivity contribution < 1.29 is 0 Å². The number of hydrogen-bond donors (Lipinski definition) is 0. The highest BCUT2D eigenvalue weighted by Gasteiger charge is 2.21. The summed E-state index contributed by atoms with van der Waals surface area (Å²) in [6.45, 7) is 2.26. The van der Waals surface area contributed by atoms with Crippen molar-refractivity contribution in [2.75, 3.05) is 0 Å². The number of allylic oxidation sites excluding steroid dienone is 2. The van der Waals surface area contributed by atoms with Gasteiger partial charge in [0.25, 0.3) is 0 Å². The third-order valence-corrected chi connectivity index (χ3v) is 4.16. The van der Waals surface area contributed by atoms with E-state index in [1.807, 2.05) is 0 Å². The van der Waals surface area contributed by atoms with Gasteiger partial charge in [-0.1, -0.05) is 68.9 Å². The summed E-state index contributed by atoms with van der Waals surface area (Å²) in [5.74, 6) is 4.39. The van der Waals surface area contributed by atoms with Crippen LogP contribution in [0.4, 0.5) is 0 Å². The lowest BCUT2D eigenvalue weighted by Crippen LogP contribution is -2.14. The Labute approximate surface area is 110 Å². The van der Waals surface area contributed by atoms with Crippen molar-refractivity contribution in [3.05, 3.63) is 76.8 Å². The molecule has 1 heterocycles. The Morgan fingerprint density at radius 1 is 0.833 bits per heavy atom. The van der Waals surface area contributed by atoms with Gasteiger partial charge < -0.3 is 0 Å². The number of fused-ring (bicyclic) bond motifs is 1. The molecule has 1 aliphatic carbocycles. The lowest BCUT2D eigenvalue weighted by Gasteiger charge is -2.21. The molecule has 2 aromatic rings. The summed E-state index contributed by atoms with van der Waals surface area (Å²) in [7, 11) is 1.27. The largest absolute Gasteiger partial charge is 0.0765 e. The molecule has 0 aliphatic heterocycles. The average molecular weight is 250 g/mol. The molecule has 1 aromatic heterocycles. The first-order valence-electron chi connectivity index (χ1n) is 6.16. The zero-order chi connectivity index (χ0) is 12.4. The van der Waals surface area contributed by atoms with Gasteiger partial charge in [0.15, 0.2) is 0 Å². The quantitative estimate of drug-likeness (QED) is 0.647. The molecule has 0 spiro atoms. The first-order valence-corrected chi connectivity index (χ1v) is 7.19. The molecule has 1 aliphatic rings. The van der Waals surface area contributed by atoms with E-state index >= 15 is 0 Å². The minimum Gasteiger partial charge on any atom is -0.0765 e. The van der Waals surface area contributed by atoms with Crippen LogP contribution in [0.25, 0.3) is 12.2 Å². The zero-order valence-electron chi connectivity index (χ0n) is 10.4. The maximum Gasteiger partial charge on any atom is 0.0290 e. The van der Waals surface area contributed by atoms with Gasteiger partial charge >= 0.3 is 0 Å². The molecule has 0 amide bonds. The molecule has 0 nitrogen and oxygen atoms in total.